The first-order valence-corrected chi connectivity index (χ1v) is 6.70. The van der Waals surface area contributed by atoms with E-state index in [1.165, 1.54) is 22.3 Å². The molecule has 1 N–H and O–H groups in total. The summed E-state index contributed by atoms with van der Waals surface area (Å²) in [4.78, 5) is 0. The van der Waals surface area contributed by atoms with E-state index in [0.717, 1.165) is 5.56 Å². The molecule has 98 valence electrons. The maximum atomic E-state index is 9.46. The Labute approximate surface area is 119 Å². The minimum Gasteiger partial charge on any atom is -0.508 e. The third-order valence-corrected chi connectivity index (χ3v) is 3.51. The Balaban J connectivity index is 2.22. The van der Waals surface area contributed by atoms with Crippen LogP contribution in [0.15, 0.2) is 72.8 Å². The fourth-order valence-electron chi connectivity index (χ4n) is 2.54. The van der Waals surface area contributed by atoms with Crippen molar-refractivity contribution in [2.75, 3.05) is 0 Å². The lowest BCUT2D eigenvalue weighted by Crippen LogP contribution is -1.88. The molecule has 0 saturated carbocycles. The SMILES string of the molecule is Cc1cccc(-c2ccccc2)c1-c1ccc(O)cc1. The molecule has 3 aromatic carbocycles. The van der Waals surface area contributed by atoms with Gasteiger partial charge in [0.2, 0.25) is 0 Å². The fourth-order valence-corrected chi connectivity index (χ4v) is 2.54. The van der Waals surface area contributed by atoms with Gasteiger partial charge in [-0.1, -0.05) is 60.7 Å². The van der Waals surface area contributed by atoms with Crippen LogP contribution in [0, 0.1) is 6.92 Å². The zero-order valence-electron chi connectivity index (χ0n) is 11.4. The van der Waals surface area contributed by atoms with E-state index in [9.17, 15) is 5.11 Å². The lowest BCUT2D eigenvalue weighted by Gasteiger charge is -2.13. The summed E-state index contributed by atoms with van der Waals surface area (Å²) in [6, 6.07) is 24.1. The molecule has 0 heterocycles. The number of phenols is 1. The van der Waals surface area contributed by atoms with Gasteiger partial charge >= 0.3 is 0 Å². The smallest absolute Gasteiger partial charge is 0.115 e. The van der Waals surface area contributed by atoms with E-state index in [0.29, 0.717) is 5.75 Å². The zero-order valence-corrected chi connectivity index (χ0v) is 11.4. The van der Waals surface area contributed by atoms with Crippen molar-refractivity contribution in [2.45, 2.75) is 6.92 Å². The summed E-state index contributed by atoms with van der Waals surface area (Å²) in [7, 11) is 0. The highest BCUT2D eigenvalue weighted by atomic mass is 16.3. The molecule has 3 rings (SSSR count). The van der Waals surface area contributed by atoms with Crippen LogP contribution in [0.25, 0.3) is 22.3 Å². The number of aromatic hydroxyl groups is 1. The molecule has 0 amide bonds. The van der Waals surface area contributed by atoms with Crippen LogP contribution >= 0.6 is 0 Å². The summed E-state index contributed by atoms with van der Waals surface area (Å²) < 4.78 is 0. The zero-order chi connectivity index (χ0) is 13.9. The molecular weight excluding hydrogens is 244 g/mol. The average molecular weight is 260 g/mol. The molecule has 0 aliphatic carbocycles. The molecule has 0 fully saturated rings. The lowest BCUT2D eigenvalue weighted by atomic mass is 9.91. The van der Waals surface area contributed by atoms with Crippen molar-refractivity contribution in [3.05, 3.63) is 78.4 Å². The number of hydrogen-bond donors (Lipinski definition) is 1. The molecule has 0 radical (unpaired) electrons. The molecule has 0 bridgehead atoms. The largest absolute Gasteiger partial charge is 0.508 e. The molecule has 0 atom stereocenters. The molecule has 0 spiro atoms. The van der Waals surface area contributed by atoms with E-state index in [1.807, 2.05) is 18.2 Å². The van der Waals surface area contributed by atoms with E-state index in [1.54, 1.807) is 12.1 Å². The molecule has 0 aromatic heterocycles. The van der Waals surface area contributed by atoms with Crippen LogP contribution in [0.1, 0.15) is 5.56 Å². The summed E-state index contributed by atoms with van der Waals surface area (Å²) in [6.45, 7) is 2.12. The molecule has 0 aliphatic heterocycles. The number of hydrogen-bond acceptors (Lipinski definition) is 1. The predicted molar refractivity (Wildman–Crippen MR) is 83.7 cm³/mol. The maximum Gasteiger partial charge on any atom is 0.115 e. The van der Waals surface area contributed by atoms with Crippen molar-refractivity contribution >= 4 is 0 Å². The highest BCUT2D eigenvalue weighted by Gasteiger charge is 2.09. The van der Waals surface area contributed by atoms with E-state index in [4.69, 9.17) is 0 Å². The number of benzene rings is 3. The van der Waals surface area contributed by atoms with Gasteiger partial charge in [0, 0.05) is 0 Å². The first-order chi connectivity index (χ1) is 9.75. The number of aryl methyl sites for hydroxylation is 1. The molecule has 3 aromatic rings. The Kier molecular flexibility index (Phi) is 3.26. The van der Waals surface area contributed by atoms with E-state index in [-0.39, 0.29) is 0 Å². The Bertz CT molecular complexity index is 713. The minimum absolute atomic E-state index is 0.295. The monoisotopic (exact) mass is 260 g/mol. The van der Waals surface area contributed by atoms with Gasteiger partial charge in [0.15, 0.2) is 0 Å². The van der Waals surface area contributed by atoms with Gasteiger partial charge in [0.05, 0.1) is 0 Å². The Morgan fingerprint density at radius 2 is 1.35 bits per heavy atom. The molecule has 20 heavy (non-hydrogen) atoms. The summed E-state index contributed by atoms with van der Waals surface area (Å²) >= 11 is 0. The van der Waals surface area contributed by atoms with Gasteiger partial charge < -0.3 is 5.11 Å². The maximum absolute atomic E-state index is 9.46. The Morgan fingerprint density at radius 3 is 2.05 bits per heavy atom. The molecule has 1 heteroatoms. The van der Waals surface area contributed by atoms with Crippen LogP contribution in [-0.2, 0) is 0 Å². The van der Waals surface area contributed by atoms with Gasteiger partial charge in [-0.2, -0.15) is 0 Å². The van der Waals surface area contributed by atoms with Gasteiger partial charge in [-0.15, -0.1) is 0 Å². The van der Waals surface area contributed by atoms with Gasteiger partial charge in [0.1, 0.15) is 5.75 Å². The fraction of sp³-hybridized carbons (Fsp3) is 0.0526. The second-order valence-corrected chi connectivity index (χ2v) is 4.91. The summed E-state index contributed by atoms with van der Waals surface area (Å²) in [6.07, 6.45) is 0. The van der Waals surface area contributed by atoms with Crippen molar-refractivity contribution in [3.63, 3.8) is 0 Å². The van der Waals surface area contributed by atoms with Crippen molar-refractivity contribution in [2.24, 2.45) is 0 Å². The highest BCUT2D eigenvalue weighted by Crippen LogP contribution is 2.35. The van der Waals surface area contributed by atoms with E-state index >= 15 is 0 Å². The Morgan fingerprint density at radius 1 is 0.650 bits per heavy atom. The molecule has 0 saturated heterocycles. The standard InChI is InChI=1S/C19H16O/c1-14-6-5-9-18(15-7-3-2-4-8-15)19(14)16-10-12-17(20)13-11-16/h2-13,20H,1H3. The molecule has 0 unspecified atom stereocenters. The second kappa shape index (κ2) is 5.22. The van der Waals surface area contributed by atoms with Crippen LogP contribution in [0.2, 0.25) is 0 Å². The van der Waals surface area contributed by atoms with E-state index < -0.39 is 0 Å². The molecule has 0 aliphatic rings. The topological polar surface area (TPSA) is 20.2 Å². The first kappa shape index (κ1) is 12.5. The summed E-state index contributed by atoms with van der Waals surface area (Å²) in [5.74, 6) is 0.295. The lowest BCUT2D eigenvalue weighted by molar-refractivity contribution is 0.475. The first-order valence-electron chi connectivity index (χ1n) is 6.70. The minimum atomic E-state index is 0.295. The third-order valence-electron chi connectivity index (χ3n) is 3.51. The van der Waals surface area contributed by atoms with Gasteiger partial charge in [-0.3, -0.25) is 0 Å². The van der Waals surface area contributed by atoms with Gasteiger partial charge in [-0.25, -0.2) is 0 Å². The van der Waals surface area contributed by atoms with Crippen LogP contribution in [-0.4, -0.2) is 5.11 Å². The van der Waals surface area contributed by atoms with Crippen LogP contribution in [0.5, 0.6) is 5.75 Å². The van der Waals surface area contributed by atoms with Crippen molar-refractivity contribution in [3.8, 4) is 28.0 Å². The Hall–Kier alpha value is -2.54. The quantitative estimate of drug-likeness (QED) is 0.684. The summed E-state index contributed by atoms with van der Waals surface area (Å²) in [5.41, 5.74) is 6.01. The van der Waals surface area contributed by atoms with Crippen LogP contribution < -0.4 is 0 Å². The van der Waals surface area contributed by atoms with Crippen molar-refractivity contribution < 1.29 is 5.11 Å². The van der Waals surface area contributed by atoms with Crippen LogP contribution in [0.3, 0.4) is 0 Å². The highest BCUT2D eigenvalue weighted by molar-refractivity contribution is 5.85. The van der Waals surface area contributed by atoms with Gasteiger partial charge in [0.25, 0.3) is 0 Å². The number of phenolic OH excluding ortho intramolecular Hbond substituents is 1. The predicted octanol–water partition coefficient (Wildman–Crippen LogP) is 5.03. The third kappa shape index (κ3) is 2.30. The molecule has 1 nitrogen and oxygen atoms in total. The van der Waals surface area contributed by atoms with Crippen LogP contribution in [0.4, 0.5) is 0 Å². The number of rotatable bonds is 2. The summed E-state index contributed by atoms with van der Waals surface area (Å²) in [5, 5.41) is 9.46. The second-order valence-electron chi connectivity index (χ2n) is 4.91. The van der Waals surface area contributed by atoms with Crippen molar-refractivity contribution in [1.82, 2.24) is 0 Å². The van der Waals surface area contributed by atoms with Crippen molar-refractivity contribution in [1.29, 1.82) is 0 Å². The van der Waals surface area contributed by atoms with E-state index in [2.05, 4.69) is 49.4 Å². The molecular formula is C19H16O. The van der Waals surface area contributed by atoms with Gasteiger partial charge in [-0.05, 0) is 46.9 Å². The average Bonchev–Trinajstić information content (AvgIpc) is 2.49. The normalized spacial score (nSPS) is 10.4.